The molecule has 2 saturated heterocycles. The first-order valence-electron chi connectivity index (χ1n) is 11.2. The van der Waals surface area contributed by atoms with Crippen molar-refractivity contribution in [3.8, 4) is 5.75 Å². The van der Waals surface area contributed by atoms with E-state index in [4.69, 9.17) is 32.7 Å². The van der Waals surface area contributed by atoms with Crippen molar-refractivity contribution in [1.29, 1.82) is 0 Å². The van der Waals surface area contributed by atoms with Crippen LogP contribution in [-0.2, 0) is 4.74 Å². The van der Waals surface area contributed by atoms with Gasteiger partial charge in [0.1, 0.15) is 28.6 Å². The Bertz CT molecular complexity index is 954. The van der Waals surface area contributed by atoms with Crippen LogP contribution in [0.15, 0.2) is 0 Å². The van der Waals surface area contributed by atoms with Crippen molar-refractivity contribution in [1.82, 2.24) is 19.7 Å². The van der Waals surface area contributed by atoms with E-state index in [1.807, 2.05) is 20.8 Å². The highest BCUT2D eigenvalue weighted by Crippen LogP contribution is 2.42. The Morgan fingerprint density at radius 3 is 2.48 bits per heavy atom. The molecule has 0 unspecified atom stereocenters. The number of carbonyl (C=O) groups is 2. The fourth-order valence-corrected chi connectivity index (χ4v) is 4.93. The Morgan fingerprint density at radius 1 is 1.12 bits per heavy atom. The lowest BCUT2D eigenvalue weighted by Gasteiger charge is -2.41. The third kappa shape index (κ3) is 4.81. The van der Waals surface area contributed by atoms with Gasteiger partial charge in [-0.3, -0.25) is 4.79 Å². The number of amides is 2. The van der Waals surface area contributed by atoms with Crippen LogP contribution >= 0.6 is 23.2 Å². The Hall–Kier alpha value is -1.97. The molecule has 4 heterocycles. The van der Waals surface area contributed by atoms with Crippen LogP contribution < -0.4 is 9.64 Å². The van der Waals surface area contributed by atoms with Gasteiger partial charge in [0.25, 0.3) is 5.91 Å². The summed E-state index contributed by atoms with van der Waals surface area (Å²) in [6.07, 6.45) is -0.397. The van der Waals surface area contributed by atoms with Crippen LogP contribution in [-0.4, -0.2) is 102 Å². The van der Waals surface area contributed by atoms with E-state index in [2.05, 4.69) is 28.8 Å². The van der Waals surface area contributed by atoms with E-state index in [0.29, 0.717) is 37.6 Å². The lowest BCUT2D eigenvalue weighted by atomic mass is 10.1. The van der Waals surface area contributed by atoms with Crippen LogP contribution in [0.2, 0.25) is 10.2 Å². The molecule has 2 fully saturated rings. The highest BCUT2D eigenvalue weighted by Gasteiger charge is 2.42. The smallest absolute Gasteiger partial charge is 0.410 e. The predicted octanol–water partition coefficient (Wildman–Crippen LogP) is 2.98. The number of pyridine rings is 1. The van der Waals surface area contributed by atoms with E-state index in [1.165, 1.54) is 0 Å². The molecule has 9 nitrogen and oxygen atoms in total. The van der Waals surface area contributed by atoms with Gasteiger partial charge in [0.2, 0.25) is 0 Å². The molecule has 0 N–H and O–H groups in total. The summed E-state index contributed by atoms with van der Waals surface area (Å²) < 4.78 is 11.6. The molecule has 33 heavy (non-hydrogen) atoms. The minimum absolute atomic E-state index is 0.111. The summed E-state index contributed by atoms with van der Waals surface area (Å²) in [5, 5.41) is 0.244. The lowest BCUT2D eigenvalue weighted by molar-refractivity contribution is 0.000952. The molecule has 1 aromatic rings. The number of anilines is 1. The van der Waals surface area contributed by atoms with Gasteiger partial charge < -0.3 is 29.1 Å². The summed E-state index contributed by atoms with van der Waals surface area (Å²) in [5.74, 6) is 0.560. The number of carbonyl (C=O) groups excluding carboxylic acids is 2. The molecule has 3 aliphatic heterocycles. The maximum absolute atomic E-state index is 13.8. The van der Waals surface area contributed by atoms with E-state index >= 15 is 0 Å². The Kier molecular flexibility index (Phi) is 6.59. The van der Waals surface area contributed by atoms with Crippen molar-refractivity contribution in [2.75, 3.05) is 57.8 Å². The summed E-state index contributed by atoms with van der Waals surface area (Å²) in [5.41, 5.74) is -0.251. The molecule has 182 valence electrons. The molecule has 2 amide bonds. The Morgan fingerprint density at radius 2 is 1.82 bits per heavy atom. The summed E-state index contributed by atoms with van der Waals surface area (Å²) in [6.45, 7) is 11.2. The second-order valence-corrected chi connectivity index (χ2v) is 10.7. The van der Waals surface area contributed by atoms with Crippen molar-refractivity contribution in [2.45, 2.75) is 45.4 Å². The average Bonchev–Trinajstić information content (AvgIpc) is 2.86. The van der Waals surface area contributed by atoms with E-state index in [1.54, 1.807) is 9.80 Å². The van der Waals surface area contributed by atoms with Gasteiger partial charge in [-0.2, -0.15) is 0 Å². The van der Waals surface area contributed by atoms with E-state index in [-0.39, 0.29) is 40.5 Å². The van der Waals surface area contributed by atoms with Crippen molar-refractivity contribution < 1.29 is 19.1 Å². The van der Waals surface area contributed by atoms with Gasteiger partial charge in [-0.05, 0) is 34.7 Å². The van der Waals surface area contributed by atoms with Gasteiger partial charge in [0.05, 0.1) is 6.04 Å². The Labute approximate surface area is 204 Å². The van der Waals surface area contributed by atoms with Crippen molar-refractivity contribution >= 4 is 41.0 Å². The van der Waals surface area contributed by atoms with Crippen LogP contribution in [0.4, 0.5) is 10.6 Å². The minimum Gasteiger partial charge on any atom is -0.489 e. The number of ether oxygens (including phenoxy) is 2. The maximum atomic E-state index is 13.8. The molecule has 0 spiro atoms. The molecule has 0 aromatic carbocycles. The highest BCUT2D eigenvalue weighted by atomic mass is 35.5. The second kappa shape index (κ2) is 9.00. The number of hydrogen-bond donors (Lipinski definition) is 0. The SMILES string of the molecule is C[C@H]1CN(C)CCN1c1nc(Cl)c(Cl)c2c1C(=O)N1CCN(C(=O)OC(C)(C)C)C[C@@H]1CO2. The van der Waals surface area contributed by atoms with Crippen LogP contribution in [0.25, 0.3) is 0 Å². The molecule has 0 saturated carbocycles. The molecule has 11 heteroatoms. The van der Waals surface area contributed by atoms with Gasteiger partial charge in [-0.25, -0.2) is 9.78 Å². The third-order valence-electron chi connectivity index (χ3n) is 6.17. The summed E-state index contributed by atoms with van der Waals surface area (Å²) >= 11 is 12.8. The van der Waals surface area contributed by atoms with Gasteiger partial charge in [-0.15, -0.1) is 0 Å². The predicted molar refractivity (Wildman–Crippen MR) is 127 cm³/mol. The third-order valence-corrected chi connectivity index (χ3v) is 6.89. The number of fused-ring (bicyclic) bond motifs is 2. The normalized spacial score (nSPS) is 24.1. The number of hydrogen-bond acceptors (Lipinski definition) is 7. The molecular weight excluding hydrogens is 469 g/mol. The van der Waals surface area contributed by atoms with Crippen molar-refractivity contribution in [3.05, 3.63) is 15.7 Å². The molecule has 3 aliphatic rings. The quantitative estimate of drug-likeness (QED) is 0.549. The standard InChI is InChI=1S/C22H31Cl2N5O4/c1-13-10-26(5)6-8-28(13)19-15-17(16(23)18(24)25-19)32-12-14-11-27(7-9-29(14)20(15)30)21(31)33-22(2,3)4/h13-14H,6-12H2,1-5H3/t13-,14+/m0/s1. The molecule has 0 radical (unpaired) electrons. The minimum atomic E-state index is -0.593. The Balaban J connectivity index is 1.65. The molecular formula is C22H31Cl2N5O4. The monoisotopic (exact) mass is 499 g/mol. The zero-order valence-electron chi connectivity index (χ0n) is 19.7. The first kappa shape index (κ1) is 24.2. The molecule has 2 atom stereocenters. The van der Waals surface area contributed by atoms with Gasteiger partial charge >= 0.3 is 6.09 Å². The van der Waals surface area contributed by atoms with Gasteiger partial charge in [0, 0.05) is 45.3 Å². The average molecular weight is 500 g/mol. The van der Waals surface area contributed by atoms with Gasteiger partial charge in [0.15, 0.2) is 10.9 Å². The van der Waals surface area contributed by atoms with E-state index < -0.39 is 11.7 Å². The number of likely N-dealkylation sites (N-methyl/N-ethyl adjacent to an activating group) is 1. The largest absolute Gasteiger partial charge is 0.489 e. The topological polar surface area (TPSA) is 78.5 Å². The van der Waals surface area contributed by atoms with E-state index in [9.17, 15) is 9.59 Å². The molecule has 4 rings (SSSR count). The number of rotatable bonds is 1. The van der Waals surface area contributed by atoms with Gasteiger partial charge in [-0.1, -0.05) is 23.2 Å². The van der Waals surface area contributed by atoms with Crippen molar-refractivity contribution in [2.24, 2.45) is 0 Å². The van der Waals surface area contributed by atoms with Crippen LogP contribution in [0, 0.1) is 0 Å². The zero-order valence-corrected chi connectivity index (χ0v) is 21.2. The molecule has 1 aromatic heterocycles. The summed E-state index contributed by atoms with van der Waals surface area (Å²) in [6, 6.07) is -0.202. The summed E-state index contributed by atoms with van der Waals surface area (Å²) in [7, 11) is 2.07. The number of nitrogens with zero attached hydrogens (tertiary/aromatic N) is 5. The maximum Gasteiger partial charge on any atom is 0.410 e. The number of piperazine rings is 2. The second-order valence-electron chi connectivity index (χ2n) is 9.94. The lowest BCUT2D eigenvalue weighted by Crippen LogP contribution is -2.58. The number of halogens is 2. The summed E-state index contributed by atoms with van der Waals surface area (Å²) in [4.78, 5) is 38.6. The highest BCUT2D eigenvalue weighted by molar-refractivity contribution is 6.42. The number of aromatic nitrogens is 1. The van der Waals surface area contributed by atoms with Crippen molar-refractivity contribution in [3.63, 3.8) is 0 Å². The van der Waals surface area contributed by atoms with Crippen LogP contribution in [0.3, 0.4) is 0 Å². The van der Waals surface area contributed by atoms with Crippen LogP contribution in [0.5, 0.6) is 5.75 Å². The zero-order chi connectivity index (χ0) is 24.1. The first-order chi connectivity index (χ1) is 15.5. The fourth-order valence-electron chi connectivity index (χ4n) is 4.57. The fraction of sp³-hybridized carbons (Fsp3) is 0.682. The van der Waals surface area contributed by atoms with Crippen LogP contribution in [0.1, 0.15) is 38.1 Å². The first-order valence-corrected chi connectivity index (χ1v) is 12.0. The molecule has 0 aliphatic carbocycles. The molecule has 0 bridgehead atoms. The van der Waals surface area contributed by atoms with E-state index in [0.717, 1.165) is 13.1 Å².